The van der Waals surface area contributed by atoms with Crippen molar-refractivity contribution in [3.05, 3.63) is 71.4 Å². The number of nitrogens with one attached hydrogen (secondary N) is 2. The first-order chi connectivity index (χ1) is 13.1. The number of carbonyl (C=O) groups is 2. The molecule has 140 valence electrons. The Labute approximate surface area is 158 Å². The van der Waals surface area contributed by atoms with Gasteiger partial charge in [0, 0.05) is 5.70 Å². The summed E-state index contributed by atoms with van der Waals surface area (Å²) in [5.74, 6) is 0.880. The zero-order valence-electron chi connectivity index (χ0n) is 15.3. The van der Waals surface area contributed by atoms with Crippen molar-refractivity contribution < 1.29 is 19.1 Å². The lowest BCUT2D eigenvalue weighted by Crippen LogP contribution is -2.45. The third kappa shape index (κ3) is 4.47. The van der Waals surface area contributed by atoms with Crippen LogP contribution in [-0.4, -0.2) is 18.6 Å². The summed E-state index contributed by atoms with van der Waals surface area (Å²) >= 11 is 0. The SMILES string of the molecule is CCCOC(=O)C1=C(C)NC(=O)NC1c1cccc(Oc2ccccc2)c1. The molecule has 6 heteroatoms. The second-order valence-corrected chi connectivity index (χ2v) is 6.19. The predicted molar refractivity (Wildman–Crippen MR) is 101 cm³/mol. The number of allylic oxidation sites excluding steroid dienone is 1. The summed E-state index contributed by atoms with van der Waals surface area (Å²) < 4.78 is 11.2. The topological polar surface area (TPSA) is 76.7 Å². The molecule has 2 N–H and O–H groups in total. The van der Waals surface area contributed by atoms with E-state index in [9.17, 15) is 9.59 Å². The second-order valence-electron chi connectivity index (χ2n) is 6.19. The number of amides is 2. The summed E-state index contributed by atoms with van der Waals surface area (Å²) in [5.41, 5.74) is 1.61. The lowest BCUT2D eigenvalue weighted by molar-refractivity contribution is -0.139. The van der Waals surface area contributed by atoms with Gasteiger partial charge in [0.1, 0.15) is 11.5 Å². The molecule has 1 unspecified atom stereocenters. The van der Waals surface area contributed by atoms with Crippen molar-refractivity contribution in [1.82, 2.24) is 10.6 Å². The summed E-state index contributed by atoms with van der Waals surface area (Å²) in [6, 6.07) is 15.7. The maximum atomic E-state index is 12.5. The molecule has 1 atom stereocenters. The number of hydrogen-bond acceptors (Lipinski definition) is 4. The Morgan fingerprint density at radius 3 is 2.56 bits per heavy atom. The number of hydrogen-bond donors (Lipinski definition) is 2. The monoisotopic (exact) mass is 366 g/mol. The van der Waals surface area contributed by atoms with Gasteiger partial charge in [-0.1, -0.05) is 37.3 Å². The van der Waals surface area contributed by atoms with Gasteiger partial charge in [-0.3, -0.25) is 0 Å². The third-order valence-electron chi connectivity index (χ3n) is 4.10. The Kier molecular flexibility index (Phi) is 5.76. The Balaban J connectivity index is 1.90. The van der Waals surface area contributed by atoms with Crippen LogP contribution in [0.1, 0.15) is 31.9 Å². The molecule has 3 rings (SSSR count). The molecule has 0 aliphatic carbocycles. The fraction of sp³-hybridized carbons (Fsp3) is 0.238. The third-order valence-corrected chi connectivity index (χ3v) is 4.10. The van der Waals surface area contributed by atoms with Gasteiger partial charge in [-0.2, -0.15) is 0 Å². The fourth-order valence-electron chi connectivity index (χ4n) is 2.87. The van der Waals surface area contributed by atoms with Gasteiger partial charge in [-0.25, -0.2) is 9.59 Å². The Morgan fingerprint density at radius 1 is 1.07 bits per heavy atom. The number of benzene rings is 2. The molecule has 0 bridgehead atoms. The Morgan fingerprint density at radius 2 is 1.81 bits per heavy atom. The molecule has 2 amide bonds. The molecule has 0 saturated heterocycles. The van der Waals surface area contributed by atoms with E-state index < -0.39 is 12.0 Å². The number of carbonyl (C=O) groups excluding carboxylic acids is 2. The molecule has 27 heavy (non-hydrogen) atoms. The van der Waals surface area contributed by atoms with Gasteiger partial charge >= 0.3 is 12.0 Å². The highest BCUT2D eigenvalue weighted by molar-refractivity contribution is 5.95. The average molecular weight is 366 g/mol. The maximum absolute atomic E-state index is 12.5. The Bertz CT molecular complexity index is 861. The van der Waals surface area contributed by atoms with E-state index in [4.69, 9.17) is 9.47 Å². The molecule has 1 heterocycles. The van der Waals surface area contributed by atoms with Gasteiger partial charge in [0.2, 0.25) is 0 Å². The van der Waals surface area contributed by atoms with Gasteiger partial charge in [0.05, 0.1) is 18.2 Å². The van der Waals surface area contributed by atoms with Crippen molar-refractivity contribution in [2.24, 2.45) is 0 Å². The normalized spacial score (nSPS) is 16.4. The van der Waals surface area contributed by atoms with E-state index in [1.165, 1.54) is 0 Å². The van der Waals surface area contributed by atoms with E-state index in [0.29, 0.717) is 29.4 Å². The van der Waals surface area contributed by atoms with Crippen molar-refractivity contribution >= 4 is 12.0 Å². The van der Waals surface area contributed by atoms with Crippen LogP contribution >= 0.6 is 0 Å². The maximum Gasteiger partial charge on any atom is 0.338 e. The zero-order valence-corrected chi connectivity index (χ0v) is 15.3. The molecule has 0 radical (unpaired) electrons. The van der Waals surface area contributed by atoms with E-state index in [0.717, 1.165) is 12.0 Å². The number of urea groups is 1. The second kappa shape index (κ2) is 8.40. The van der Waals surface area contributed by atoms with Crippen LogP contribution in [-0.2, 0) is 9.53 Å². The van der Waals surface area contributed by atoms with Gasteiger partial charge in [-0.05, 0) is 43.2 Å². The van der Waals surface area contributed by atoms with Crippen molar-refractivity contribution in [1.29, 1.82) is 0 Å². The molecular weight excluding hydrogens is 344 g/mol. The predicted octanol–water partition coefficient (Wildman–Crippen LogP) is 4.06. The van der Waals surface area contributed by atoms with E-state index in [-0.39, 0.29) is 6.03 Å². The van der Waals surface area contributed by atoms with Crippen LogP contribution < -0.4 is 15.4 Å². The van der Waals surface area contributed by atoms with Gasteiger partial charge in [0.25, 0.3) is 0 Å². The van der Waals surface area contributed by atoms with E-state index >= 15 is 0 Å². The van der Waals surface area contributed by atoms with Crippen LogP contribution in [0, 0.1) is 0 Å². The highest BCUT2D eigenvalue weighted by Gasteiger charge is 2.32. The van der Waals surface area contributed by atoms with E-state index in [1.807, 2.05) is 61.5 Å². The first kappa shape index (κ1) is 18.5. The summed E-state index contributed by atoms with van der Waals surface area (Å²) in [6.45, 7) is 3.95. The smallest absolute Gasteiger partial charge is 0.338 e. The lowest BCUT2D eigenvalue weighted by atomic mass is 9.95. The minimum absolute atomic E-state index is 0.327. The van der Waals surface area contributed by atoms with Crippen molar-refractivity contribution in [2.45, 2.75) is 26.3 Å². The molecule has 2 aromatic rings. The van der Waals surface area contributed by atoms with Crippen LogP contribution in [0.15, 0.2) is 65.9 Å². The van der Waals surface area contributed by atoms with Gasteiger partial charge < -0.3 is 20.1 Å². The lowest BCUT2D eigenvalue weighted by Gasteiger charge is -2.28. The van der Waals surface area contributed by atoms with Gasteiger partial charge in [0.15, 0.2) is 0 Å². The minimum Gasteiger partial charge on any atom is -0.462 e. The molecule has 0 fully saturated rings. The largest absolute Gasteiger partial charge is 0.462 e. The zero-order chi connectivity index (χ0) is 19.2. The average Bonchev–Trinajstić information content (AvgIpc) is 2.66. The molecule has 2 aromatic carbocycles. The highest BCUT2D eigenvalue weighted by atomic mass is 16.5. The summed E-state index contributed by atoms with van der Waals surface area (Å²) in [7, 11) is 0. The van der Waals surface area contributed by atoms with Crippen LogP contribution in [0.3, 0.4) is 0 Å². The fourth-order valence-corrected chi connectivity index (χ4v) is 2.87. The molecular formula is C21H22N2O4. The number of ether oxygens (including phenoxy) is 2. The quantitative estimate of drug-likeness (QED) is 0.756. The van der Waals surface area contributed by atoms with Crippen LogP contribution in [0.2, 0.25) is 0 Å². The summed E-state index contributed by atoms with van der Waals surface area (Å²) in [4.78, 5) is 24.5. The number of rotatable bonds is 6. The summed E-state index contributed by atoms with van der Waals surface area (Å²) in [6.07, 6.45) is 0.725. The first-order valence-corrected chi connectivity index (χ1v) is 8.86. The molecule has 0 spiro atoms. The highest BCUT2D eigenvalue weighted by Crippen LogP contribution is 2.31. The number of esters is 1. The van der Waals surface area contributed by atoms with Crippen LogP contribution in [0.5, 0.6) is 11.5 Å². The van der Waals surface area contributed by atoms with Crippen molar-refractivity contribution in [3.8, 4) is 11.5 Å². The standard InChI is InChI=1S/C21H22N2O4/c1-3-12-26-20(24)18-14(2)22-21(25)23-19(18)15-8-7-11-17(13-15)27-16-9-5-4-6-10-16/h4-11,13,19H,3,12H2,1-2H3,(H2,22,23,25). The molecule has 6 nitrogen and oxygen atoms in total. The van der Waals surface area contributed by atoms with E-state index in [1.54, 1.807) is 6.92 Å². The Hall–Kier alpha value is -3.28. The van der Waals surface area contributed by atoms with Crippen molar-refractivity contribution in [2.75, 3.05) is 6.61 Å². The molecule has 0 aromatic heterocycles. The van der Waals surface area contributed by atoms with Crippen LogP contribution in [0.25, 0.3) is 0 Å². The first-order valence-electron chi connectivity index (χ1n) is 8.86. The molecule has 0 saturated carbocycles. The van der Waals surface area contributed by atoms with Crippen molar-refractivity contribution in [3.63, 3.8) is 0 Å². The molecule has 1 aliphatic heterocycles. The van der Waals surface area contributed by atoms with Crippen LogP contribution in [0.4, 0.5) is 4.79 Å². The van der Waals surface area contributed by atoms with E-state index in [2.05, 4.69) is 10.6 Å². The molecule has 1 aliphatic rings. The summed E-state index contributed by atoms with van der Waals surface area (Å²) in [5, 5.41) is 5.44. The number of para-hydroxylation sites is 1. The minimum atomic E-state index is -0.609. The van der Waals surface area contributed by atoms with Gasteiger partial charge in [-0.15, -0.1) is 0 Å².